The normalized spacial score (nSPS) is 12.0. The van der Waals surface area contributed by atoms with E-state index in [0.717, 1.165) is 4.88 Å². The quantitative estimate of drug-likeness (QED) is 0.859. The van der Waals surface area contributed by atoms with Gasteiger partial charge in [-0.15, -0.1) is 11.3 Å². The third-order valence-electron chi connectivity index (χ3n) is 2.73. The number of nitrogens with zero attached hydrogens (tertiary/aromatic N) is 1. The number of thiophene rings is 1. The molecule has 0 aliphatic carbocycles. The Morgan fingerprint density at radius 3 is 2.71 bits per heavy atom. The third-order valence-corrected chi connectivity index (χ3v) is 3.71. The first-order valence-electron chi connectivity index (χ1n) is 6.51. The highest BCUT2D eigenvalue weighted by Gasteiger charge is 2.23. The van der Waals surface area contributed by atoms with E-state index in [-0.39, 0.29) is 0 Å². The first kappa shape index (κ1) is 15.2. The van der Waals surface area contributed by atoms with Gasteiger partial charge in [0, 0.05) is 10.9 Å². The SMILES string of the molecule is CC[C@H](OC(=O)c1ccc(C)s1)C(=O)Nc1cc(C)on1. The third kappa shape index (κ3) is 3.91. The van der Waals surface area contributed by atoms with Crippen molar-refractivity contribution in [1.29, 1.82) is 0 Å². The lowest BCUT2D eigenvalue weighted by atomic mass is 10.2. The summed E-state index contributed by atoms with van der Waals surface area (Å²) >= 11 is 1.33. The van der Waals surface area contributed by atoms with Crippen molar-refractivity contribution in [2.75, 3.05) is 5.32 Å². The van der Waals surface area contributed by atoms with Gasteiger partial charge in [0.15, 0.2) is 11.9 Å². The molecule has 1 amide bonds. The van der Waals surface area contributed by atoms with Crippen molar-refractivity contribution in [3.63, 3.8) is 0 Å². The number of aromatic nitrogens is 1. The monoisotopic (exact) mass is 308 g/mol. The van der Waals surface area contributed by atoms with Crippen molar-refractivity contribution in [2.45, 2.75) is 33.3 Å². The first-order chi connectivity index (χ1) is 9.99. The molecular weight excluding hydrogens is 292 g/mol. The Hall–Kier alpha value is -2.15. The molecule has 6 nitrogen and oxygen atoms in total. The van der Waals surface area contributed by atoms with E-state index in [1.54, 1.807) is 26.0 Å². The van der Waals surface area contributed by atoms with Crippen LogP contribution in [0.1, 0.15) is 33.7 Å². The topological polar surface area (TPSA) is 81.4 Å². The van der Waals surface area contributed by atoms with Gasteiger partial charge in [-0.1, -0.05) is 12.1 Å². The van der Waals surface area contributed by atoms with Gasteiger partial charge in [0.05, 0.1) is 0 Å². The fourth-order valence-electron chi connectivity index (χ4n) is 1.69. The molecule has 0 saturated carbocycles. The number of esters is 1. The predicted molar refractivity (Wildman–Crippen MR) is 78.4 cm³/mol. The zero-order valence-electron chi connectivity index (χ0n) is 12.0. The van der Waals surface area contributed by atoms with Gasteiger partial charge >= 0.3 is 5.97 Å². The molecule has 0 aliphatic rings. The van der Waals surface area contributed by atoms with Crippen molar-refractivity contribution in [3.05, 3.63) is 33.7 Å². The van der Waals surface area contributed by atoms with Gasteiger partial charge in [-0.05, 0) is 32.4 Å². The van der Waals surface area contributed by atoms with E-state index in [1.165, 1.54) is 11.3 Å². The van der Waals surface area contributed by atoms with Crippen LogP contribution in [-0.2, 0) is 9.53 Å². The number of ether oxygens (including phenoxy) is 1. The molecule has 0 spiro atoms. The number of hydrogen-bond acceptors (Lipinski definition) is 6. The summed E-state index contributed by atoms with van der Waals surface area (Å²) < 4.78 is 10.1. The highest BCUT2D eigenvalue weighted by molar-refractivity contribution is 7.13. The van der Waals surface area contributed by atoms with Crippen molar-refractivity contribution < 1.29 is 18.8 Å². The van der Waals surface area contributed by atoms with Gasteiger partial charge in [0.25, 0.3) is 5.91 Å². The number of carbonyl (C=O) groups is 2. The molecule has 1 atom stereocenters. The molecule has 0 aliphatic heterocycles. The molecule has 1 N–H and O–H groups in total. The summed E-state index contributed by atoms with van der Waals surface area (Å²) in [5.74, 6) is -0.0257. The first-order valence-corrected chi connectivity index (χ1v) is 7.33. The average Bonchev–Trinajstić information content (AvgIpc) is 3.04. The number of rotatable bonds is 5. The second-order valence-electron chi connectivity index (χ2n) is 4.52. The molecule has 2 aromatic heterocycles. The van der Waals surface area contributed by atoms with Crippen molar-refractivity contribution >= 4 is 29.0 Å². The average molecular weight is 308 g/mol. The van der Waals surface area contributed by atoms with Crippen molar-refractivity contribution in [3.8, 4) is 0 Å². The van der Waals surface area contributed by atoms with Crippen LogP contribution in [0.4, 0.5) is 5.82 Å². The van der Waals surface area contributed by atoms with E-state index >= 15 is 0 Å². The van der Waals surface area contributed by atoms with Crippen molar-refractivity contribution in [2.24, 2.45) is 0 Å². The fourth-order valence-corrected chi connectivity index (χ4v) is 2.44. The van der Waals surface area contributed by atoms with Crippen LogP contribution in [0.5, 0.6) is 0 Å². The summed E-state index contributed by atoms with van der Waals surface area (Å²) in [6, 6.07) is 5.11. The molecule has 2 rings (SSSR count). The van der Waals surface area contributed by atoms with Gasteiger partial charge in [0.2, 0.25) is 0 Å². The van der Waals surface area contributed by atoms with E-state index < -0.39 is 18.0 Å². The summed E-state index contributed by atoms with van der Waals surface area (Å²) in [7, 11) is 0. The highest BCUT2D eigenvalue weighted by Crippen LogP contribution is 2.18. The van der Waals surface area contributed by atoms with Gasteiger partial charge in [-0.2, -0.15) is 0 Å². The molecule has 21 heavy (non-hydrogen) atoms. The molecule has 0 aromatic carbocycles. The molecule has 2 aromatic rings. The van der Waals surface area contributed by atoms with Gasteiger partial charge in [-0.25, -0.2) is 4.79 Å². The smallest absolute Gasteiger partial charge is 0.349 e. The Morgan fingerprint density at radius 1 is 1.43 bits per heavy atom. The van der Waals surface area contributed by atoms with E-state index in [0.29, 0.717) is 22.9 Å². The maximum atomic E-state index is 12.1. The summed E-state index contributed by atoms with van der Waals surface area (Å²) in [6.45, 7) is 5.39. The number of hydrogen-bond donors (Lipinski definition) is 1. The Morgan fingerprint density at radius 2 is 2.19 bits per heavy atom. The molecular formula is C14H16N2O4S. The minimum atomic E-state index is -0.864. The Labute approximate surface area is 126 Å². The van der Waals surface area contributed by atoms with Crippen LogP contribution in [0.2, 0.25) is 0 Å². The van der Waals surface area contributed by atoms with E-state index in [2.05, 4.69) is 10.5 Å². The second-order valence-corrected chi connectivity index (χ2v) is 5.81. The zero-order chi connectivity index (χ0) is 15.4. The van der Waals surface area contributed by atoms with Crippen LogP contribution in [-0.4, -0.2) is 23.1 Å². The molecule has 7 heteroatoms. The van der Waals surface area contributed by atoms with Crippen LogP contribution < -0.4 is 5.32 Å². The molecule has 0 radical (unpaired) electrons. The highest BCUT2D eigenvalue weighted by atomic mass is 32.1. The largest absolute Gasteiger partial charge is 0.448 e. The lowest BCUT2D eigenvalue weighted by Gasteiger charge is -2.14. The van der Waals surface area contributed by atoms with Crippen LogP contribution >= 0.6 is 11.3 Å². The van der Waals surface area contributed by atoms with Crippen LogP contribution in [0.15, 0.2) is 22.7 Å². The molecule has 0 unspecified atom stereocenters. The molecule has 112 valence electrons. The fraction of sp³-hybridized carbons (Fsp3) is 0.357. The molecule has 0 saturated heterocycles. The Kier molecular flexibility index (Phi) is 4.74. The number of aryl methyl sites for hydroxylation is 2. The molecule has 2 heterocycles. The summed E-state index contributed by atoms with van der Waals surface area (Å²) in [6.07, 6.45) is -0.490. The van der Waals surface area contributed by atoms with Crippen molar-refractivity contribution in [1.82, 2.24) is 5.16 Å². The van der Waals surface area contributed by atoms with Crippen LogP contribution in [0.25, 0.3) is 0 Å². The number of nitrogens with one attached hydrogen (secondary N) is 1. The Balaban J connectivity index is 1.98. The second kappa shape index (κ2) is 6.53. The predicted octanol–water partition coefficient (Wildman–Crippen LogP) is 2.93. The number of anilines is 1. The van der Waals surface area contributed by atoms with Gasteiger partial charge in [0.1, 0.15) is 10.6 Å². The summed E-state index contributed by atoms with van der Waals surface area (Å²) in [5.41, 5.74) is 0. The summed E-state index contributed by atoms with van der Waals surface area (Å²) in [4.78, 5) is 25.5. The van der Waals surface area contributed by atoms with E-state index in [9.17, 15) is 9.59 Å². The number of carbonyl (C=O) groups excluding carboxylic acids is 2. The minimum absolute atomic E-state index is 0.305. The van der Waals surface area contributed by atoms with Crippen LogP contribution in [0, 0.1) is 13.8 Å². The van der Waals surface area contributed by atoms with Gasteiger partial charge < -0.3 is 14.6 Å². The number of amides is 1. The Bertz CT molecular complexity index is 647. The minimum Gasteiger partial charge on any atom is -0.448 e. The van der Waals surface area contributed by atoms with Crippen LogP contribution in [0.3, 0.4) is 0 Å². The maximum Gasteiger partial charge on any atom is 0.349 e. The molecule has 0 fully saturated rings. The summed E-state index contributed by atoms with van der Waals surface area (Å²) in [5, 5.41) is 6.23. The van der Waals surface area contributed by atoms with E-state index in [4.69, 9.17) is 9.26 Å². The van der Waals surface area contributed by atoms with Gasteiger partial charge in [-0.3, -0.25) is 4.79 Å². The molecule has 0 bridgehead atoms. The standard InChI is InChI=1S/C14H16N2O4S/c1-4-10(13(17)15-12-7-8(2)20-16-12)19-14(18)11-6-5-9(3)21-11/h5-7,10H,4H2,1-3H3,(H,15,16,17)/t10-/m0/s1. The zero-order valence-corrected chi connectivity index (χ0v) is 12.8. The lowest BCUT2D eigenvalue weighted by Crippen LogP contribution is -2.32. The van der Waals surface area contributed by atoms with E-state index in [1.807, 2.05) is 13.0 Å². The maximum absolute atomic E-state index is 12.1. The lowest BCUT2D eigenvalue weighted by molar-refractivity contribution is -0.124.